The molecule has 0 fully saturated rings. The summed E-state index contributed by atoms with van der Waals surface area (Å²) in [5.74, 6) is 0.131. The Balaban J connectivity index is 2.15. The molecular weight excluding hydrogens is 346 g/mol. The fourth-order valence-corrected chi connectivity index (χ4v) is 2.62. The summed E-state index contributed by atoms with van der Waals surface area (Å²) in [5, 5.41) is 5.56. The van der Waals surface area contributed by atoms with Gasteiger partial charge in [0, 0.05) is 5.69 Å². The molecule has 0 aliphatic carbocycles. The van der Waals surface area contributed by atoms with Crippen molar-refractivity contribution in [2.24, 2.45) is 5.92 Å². The molecule has 7 nitrogen and oxygen atoms in total. The average molecular weight is 371 g/mol. The van der Waals surface area contributed by atoms with Gasteiger partial charge in [0.15, 0.2) is 0 Å². The number of ether oxygens (including phenoxy) is 2. The molecule has 0 aliphatic rings. The Bertz CT molecular complexity index is 821. The molecule has 27 heavy (non-hydrogen) atoms. The minimum Gasteiger partial charge on any atom is -0.496 e. The normalized spacial score (nSPS) is 11.6. The predicted molar refractivity (Wildman–Crippen MR) is 105 cm³/mol. The van der Waals surface area contributed by atoms with Crippen LogP contribution in [-0.2, 0) is 4.79 Å². The van der Waals surface area contributed by atoms with E-state index in [0.717, 1.165) is 0 Å². The van der Waals surface area contributed by atoms with Crippen molar-refractivity contribution in [1.82, 2.24) is 5.32 Å². The van der Waals surface area contributed by atoms with E-state index in [1.54, 1.807) is 42.5 Å². The lowest BCUT2D eigenvalue weighted by molar-refractivity contribution is -0.118. The highest BCUT2D eigenvalue weighted by Gasteiger charge is 2.26. The number of nitrogen functional groups attached to an aromatic ring is 1. The molecule has 0 heterocycles. The number of benzene rings is 2. The van der Waals surface area contributed by atoms with Gasteiger partial charge in [0.05, 0.1) is 25.5 Å². The van der Waals surface area contributed by atoms with Crippen LogP contribution in [0.3, 0.4) is 0 Å². The molecule has 0 aromatic heterocycles. The predicted octanol–water partition coefficient (Wildman–Crippen LogP) is 2.68. The molecule has 0 radical (unpaired) electrons. The van der Waals surface area contributed by atoms with Crippen LogP contribution >= 0.6 is 0 Å². The number of hydrogen-bond acceptors (Lipinski definition) is 5. The largest absolute Gasteiger partial charge is 0.496 e. The summed E-state index contributed by atoms with van der Waals surface area (Å²) in [6, 6.07) is 11.1. The molecule has 1 atom stereocenters. The number of carbonyl (C=O) groups excluding carboxylic acids is 2. The molecule has 2 aromatic carbocycles. The van der Waals surface area contributed by atoms with E-state index in [-0.39, 0.29) is 17.7 Å². The van der Waals surface area contributed by atoms with Gasteiger partial charge in [0.2, 0.25) is 5.91 Å². The lowest BCUT2D eigenvalue weighted by atomic mass is 10.0. The molecule has 2 rings (SSSR count). The summed E-state index contributed by atoms with van der Waals surface area (Å²) >= 11 is 0. The highest BCUT2D eigenvalue weighted by Crippen LogP contribution is 2.25. The third-order valence-electron chi connectivity index (χ3n) is 4.08. The highest BCUT2D eigenvalue weighted by molar-refractivity contribution is 6.02. The van der Waals surface area contributed by atoms with Gasteiger partial charge in [-0.15, -0.1) is 0 Å². The second-order valence-electron chi connectivity index (χ2n) is 6.34. The summed E-state index contributed by atoms with van der Waals surface area (Å²) in [4.78, 5) is 25.3. The lowest BCUT2D eigenvalue weighted by Gasteiger charge is -2.22. The second kappa shape index (κ2) is 8.93. The average Bonchev–Trinajstić information content (AvgIpc) is 2.65. The van der Waals surface area contributed by atoms with E-state index in [9.17, 15) is 9.59 Å². The summed E-state index contributed by atoms with van der Waals surface area (Å²) in [7, 11) is 3.01. The molecule has 0 aliphatic heterocycles. The van der Waals surface area contributed by atoms with Crippen molar-refractivity contribution >= 4 is 23.2 Å². The Hall–Kier alpha value is -3.22. The zero-order chi connectivity index (χ0) is 20.0. The number of nitrogens with two attached hydrogens (primary N) is 1. The van der Waals surface area contributed by atoms with Gasteiger partial charge in [0.1, 0.15) is 17.5 Å². The molecule has 4 N–H and O–H groups in total. The monoisotopic (exact) mass is 371 g/mol. The summed E-state index contributed by atoms with van der Waals surface area (Å²) in [6.45, 7) is 3.71. The number of hydrogen-bond donors (Lipinski definition) is 3. The van der Waals surface area contributed by atoms with E-state index >= 15 is 0 Å². The minimum atomic E-state index is -0.731. The van der Waals surface area contributed by atoms with Crippen molar-refractivity contribution in [3.63, 3.8) is 0 Å². The molecule has 2 amide bonds. The first kappa shape index (κ1) is 20.1. The van der Waals surface area contributed by atoms with Gasteiger partial charge in [-0.3, -0.25) is 9.59 Å². The van der Waals surface area contributed by atoms with Crippen LogP contribution in [0.25, 0.3) is 0 Å². The maximum Gasteiger partial charge on any atom is 0.255 e. The second-order valence-corrected chi connectivity index (χ2v) is 6.34. The number of carbonyl (C=O) groups is 2. The number of methoxy groups -OCH3 is 2. The Morgan fingerprint density at radius 3 is 2.26 bits per heavy atom. The summed E-state index contributed by atoms with van der Waals surface area (Å²) in [5.41, 5.74) is 7.18. The SMILES string of the molecule is COc1ccc(NC(=O)C(NC(=O)c2ccccc2OC)C(C)C)cc1N. The van der Waals surface area contributed by atoms with Crippen molar-refractivity contribution in [3.05, 3.63) is 48.0 Å². The van der Waals surface area contributed by atoms with Gasteiger partial charge in [-0.05, 0) is 36.2 Å². The number of nitrogens with one attached hydrogen (secondary N) is 2. The van der Waals surface area contributed by atoms with Crippen LogP contribution in [0.4, 0.5) is 11.4 Å². The molecule has 0 spiro atoms. The zero-order valence-corrected chi connectivity index (χ0v) is 15.9. The Morgan fingerprint density at radius 1 is 1.00 bits per heavy atom. The molecule has 0 saturated heterocycles. The van der Waals surface area contributed by atoms with E-state index < -0.39 is 6.04 Å². The van der Waals surface area contributed by atoms with Crippen molar-refractivity contribution < 1.29 is 19.1 Å². The molecular formula is C20H25N3O4. The summed E-state index contributed by atoms with van der Waals surface area (Å²) in [6.07, 6.45) is 0. The zero-order valence-electron chi connectivity index (χ0n) is 15.9. The van der Waals surface area contributed by atoms with Crippen molar-refractivity contribution in [2.45, 2.75) is 19.9 Å². The van der Waals surface area contributed by atoms with Crippen LogP contribution in [0.5, 0.6) is 11.5 Å². The Labute approximate surface area is 158 Å². The van der Waals surface area contributed by atoms with Gasteiger partial charge in [-0.25, -0.2) is 0 Å². The van der Waals surface area contributed by atoms with Crippen LogP contribution < -0.4 is 25.8 Å². The molecule has 144 valence electrons. The molecule has 0 saturated carbocycles. The maximum atomic E-state index is 12.7. The smallest absolute Gasteiger partial charge is 0.255 e. The number of para-hydroxylation sites is 1. The van der Waals surface area contributed by atoms with E-state index in [4.69, 9.17) is 15.2 Å². The van der Waals surface area contributed by atoms with E-state index in [1.807, 2.05) is 13.8 Å². The highest BCUT2D eigenvalue weighted by atomic mass is 16.5. The third-order valence-corrected chi connectivity index (χ3v) is 4.08. The first-order chi connectivity index (χ1) is 12.9. The van der Waals surface area contributed by atoms with Crippen LogP contribution in [0, 0.1) is 5.92 Å². The Kier molecular flexibility index (Phi) is 6.65. The fourth-order valence-electron chi connectivity index (χ4n) is 2.62. The number of anilines is 2. The van der Waals surface area contributed by atoms with Gasteiger partial charge in [-0.2, -0.15) is 0 Å². The maximum absolute atomic E-state index is 12.7. The van der Waals surface area contributed by atoms with E-state index in [2.05, 4.69) is 10.6 Å². The molecule has 2 aromatic rings. The van der Waals surface area contributed by atoms with Gasteiger partial charge < -0.3 is 25.8 Å². The standard InChI is InChI=1S/C20H25N3O4/c1-12(2)18(23-19(24)14-7-5-6-8-16(14)26-3)20(25)22-13-9-10-17(27-4)15(21)11-13/h5-12,18H,21H2,1-4H3,(H,22,25)(H,23,24). The number of amides is 2. The van der Waals surface area contributed by atoms with Crippen molar-refractivity contribution in [1.29, 1.82) is 0 Å². The van der Waals surface area contributed by atoms with Crippen LogP contribution in [0.2, 0.25) is 0 Å². The summed E-state index contributed by atoms with van der Waals surface area (Å²) < 4.78 is 10.3. The van der Waals surface area contributed by atoms with Crippen LogP contribution in [-0.4, -0.2) is 32.1 Å². The van der Waals surface area contributed by atoms with Gasteiger partial charge >= 0.3 is 0 Å². The first-order valence-corrected chi connectivity index (χ1v) is 8.55. The number of rotatable bonds is 7. The first-order valence-electron chi connectivity index (χ1n) is 8.55. The van der Waals surface area contributed by atoms with Crippen molar-refractivity contribution in [2.75, 3.05) is 25.3 Å². The van der Waals surface area contributed by atoms with Crippen molar-refractivity contribution in [3.8, 4) is 11.5 Å². The van der Waals surface area contributed by atoms with Crippen LogP contribution in [0.15, 0.2) is 42.5 Å². The molecule has 0 bridgehead atoms. The minimum absolute atomic E-state index is 0.126. The van der Waals surface area contributed by atoms with E-state index in [1.165, 1.54) is 14.2 Å². The van der Waals surface area contributed by atoms with Gasteiger partial charge in [0.25, 0.3) is 5.91 Å². The quantitative estimate of drug-likeness (QED) is 0.650. The molecule has 1 unspecified atom stereocenters. The molecule has 7 heteroatoms. The van der Waals surface area contributed by atoms with Crippen LogP contribution in [0.1, 0.15) is 24.2 Å². The fraction of sp³-hybridized carbons (Fsp3) is 0.300. The van der Waals surface area contributed by atoms with Gasteiger partial charge in [-0.1, -0.05) is 26.0 Å². The topological polar surface area (TPSA) is 103 Å². The Morgan fingerprint density at radius 2 is 1.67 bits per heavy atom. The van der Waals surface area contributed by atoms with E-state index in [0.29, 0.717) is 28.4 Å². The third kappa shape index (κ3) is 4.91. The lowest BCUT2D eigenvalue weighted by Crippen LogP contribution is -2.47.